The molecule has 3 rings (SSSR count). The lowest BCUT2D eigenvalue weighted by molar-refractivity contribution is 0.101. The molecule has 0 aliphatic carbocycles. The number of carbonyl (C=O) groups is 1. The monoisotopic (exact) mass is 432 g/mol. The largest absolute Gasteiger partial charge is 0.507 e. The molecule has 1 aromatic carbocycles. The van der Waals surface area contributed by atoms with Gasteiger partial charge in [-0.3, -0.25) is 4.79 Å². The lowest BCUT2D eigenvalue weighted by Crippen LogP contribution is -2.19. The van der Waals surface area contributed by atoms with E-state index in [0.29, 0.717) is 5.56 Å². The van der Waals surface area contributed by atoms with Crippen molar-refractivity contribution in [2.75, 3.05) is 0 Å². The smallest absolute Gasteiger partial charge is 0.163 e. The second kappa shape index (κ2) is 9.07. The van der Waals surface area contributed by atoms with Gasteiger partial charge in [-0.15, -0.1) is 0 Å². The molecule has 2 aromatic heterocycles. The molecule has 3 aromatic rings. The number of rotatable bonds is 7. The van der Waals surface area contributed by atoms with Gasteiger partial charge in [0.05, 0.1) is 30.6 Å². The summed E-state index contributed by atoms with van der Waals surface area (Å²) >= 11 is 0. The first-order chi connectivity index (χ1) is 15.1. The van der Waals surface area contributed by atoms with Crippen LogP contribution in [-0.2, 0) is 0 Å². The van der Waals surface area contributed by atoms with Crippen LogP contribution in [0.1, 0.15) is 86.5 Å². The van der Waals surface area contributed by atoms with E-state index in [4.69, 9.17) is 8.83 Å². The van der Waals surface area contributed by atoms with Gasteiger partial charge in [-0.1, -0.05) is 34.3 Å². The molecule has 0 saturated carbocycles. The highest BCUT2D eigenvalue weighted by Crippen LogP contribution is 2.45. The third kappa shape index (κ3) is 4.50. The summed E-state index contributed by atoms with van der Waals surface area (Å²) in [5.41, 5.74) is 6.65. The van der Waals surface area contributed by atoms with E-state index in [9.17, 15) is 9.90 Å². The summed E-state index contributed by atoms with van der Waals surface area (Å²) in [6.45, 7) is 16.6. The van der Waals surface area contributed by atoms with E-state index < -0.39 is 0 Å². The summed E-state index contributed by atoms with van der Waals surface area (Å²) in [7, 11) is 0. The van der Waals surface area contributed by atoms with Gasteiger partial charge in [0.25, 0.3) is 0 Å². The van der Waals surface area contributed by atoms with Gasteiger partial charge in [0.2, 0.25) is 0 Å². The van der Waals surface area contributed by atoms with E-state index in [0.717, 1.165) is 45.4 Å². The van der Waals surface area contributed by atoms with Gasteiger partial charge in [0.1, 0.15) is 5.75 Å². The number of hydrogen-bond acceptors (Lipinski definition) is 4. The maximum atomic E-state index is 12.2. The summed E-state index contributed by atoms with van der Waals surface area (Å²) in [5, 5.41) is 10.7. The van der Waals surface area contributed by atoms with Crippen LogP contribution in [0.2, 0.25) is 0 Å². The van der Waals surface area contributed by atoms with Crippen LogP contribution >= 0.6 is 0 Å². The van der Waals surface area contributed by atoms with Crippen LogP contribution in [0.25, 0.3) is 16.7 Å². The highest BCUT2D eigenvalue weighted by molar-refractivity contribution is 6.14. The molecule has 168 valence electrons. The molecule has 4 heteroatoms. The Kier molecular flexibility index (Phi) is 6.63. The van der Waals surface area contributed by atoms with Crippen LogP contribution in [0.4, 0.5) is 0 Å². The predicted octanol–water partition coefficient (Wildman–Crippen LogP) is 7.96. The number of benzene rings is 1. The third-order valence-corrected chi connectivity index (χ3v) is 6.14. The number of hydrogen-bond donors (Lipinski definition) is 1. The van der Waals surface area contributed by atoms with Crippen molar-refractivity contribution in [2.24, 2.45) is 5.41 Å². The summed E-state index contributed by atoms with van der Waals surface area (Å²) in [4.78, 5) is 12.2. The van der Waals surface area contributed by atoms with Crippen molar-refractivity contribution in [2.45, 2.75) is 53.9 Å². The highest BCUT2D eigenvalue weighted by atomic mass is 16.3. The third-order valence-electron chi connectivity index (χ3n) is 6.14. The molecule has 1 atom stereocenters. The van der Waals surface area contributed by atoms with Gasteiger partial charge in [0.15, 0.2) is 5.78 Å². The molecular weight excluding hydrogens is 400 g/mol. The number of furan rings is 2. The van der Waals surface area contributed by atoms with Crippen LogP contribution in [0.5, 0.6) is 5.75 Å². The van der Waals surface area contributed by atoms with Crippen molar-refractivity contribution in [3.8, 4) is 5.75 Å². The van der Waals surface area contributed by atoms with Crippen molar-refractivity contribution < 1.29 is 18.7 Å². The van der Waals surface area contributed by atoms with E-state index in [1.807, 2.05) is 25.1 Å². The van der Waals surface area contributed by atoms with E-state index in [2.05, 4.69) is 34.3 Å². The number of phenolic OH excluding ortho intramolecular Hbond substituents is 1. The Hall–Kier alpha value is -3.27. The average molecular weight is 433 g/mol. The zero-order chi connectivity index (χ0) is 23.6. The number of carbonyl (C=O) groups excluding carboxylic acids is 1. The number of ketones is 1. The minimum Gasteiger partial charge on any atom is -0.507 e. The molecule has 1 N–H and O–H groups in total. The lowest BCUT2D eigenvalue weighted by Gasteiger charge is -2.33. The number of phenols is 1. The van der Waals surface area contributed by atoms with Crippen molar-refractivity contribution in [3.63, 3.8) is 0 Å². The van der Waals surface area contributed by atoms with Crippen LogP contribution < -0.4 is 0 Å². The van der Waals surface area contributed by atoms with Gasteiger partial charge in [-0.2, -0.15) is 0 Å². The Morgan fingerprint density at radius 2 is 1.62 bits per heavy atom. The molecule has 0 aliphatic heterocycles. The molecule has 0 unspecified atom stereocenters. The number of Topliss-reactive ketones (excluding diaryl/α,β-unsaturated/α-hetero) is 1. The maximum Gasteiger partial charge on any atom is 0.163 e. The molecule has 0 radical (unpaired) electrons. The van der Waals surface area contributed by atoms with Crippen molar-refractivity contribution in [3.05, 3.63) is 83.7 Å². The SMILES string of the molecule is C=C(/C(=C(\C)c1cc(O)c(C(C)=O)cc1[C@@H](CC)C(C)(C)C)c1ccoc1)c1ccoc1. The van der Waals surface area contributed by atoms with Crippen molar-refractivity contribution in [1.82, 2.24) is 0 Å². The molecule has 0 bridgehead atoms. The van der Waals surface area contributed by atoms with Crippen LogP contribution in [0.3, 0.4) is 0 Å². The zero-order valence-corrected chi connectivity index (χ0v) is 19.8. The van der Waals surface area contributed by atoms with E-state index in [1.165, 1.54) is 6.92 Å². The summed E-state index contributed by atoms with van der Waals surface area (Å²) < 4.78 is 10.7. The Morgan fingerprint density at radius 3 is 2.09 bits per heavy atom. The topological polar surface area (TPSA) is 63.6 Å². The first-order valence-electron chi connectivity index (χ1n) is 10.9. The second-order valence-electron chi connectivity index (χ2n) is 9.34. The first-order valence-corrected chi connectivity index (χ1v) is 10.9. The second-order valence-corrected chi connectivity index (χ2v) is 9.34. The first kappa shape index (κ1) is 23.4. The Labute approximate surface area is 190 Å². The van der Waals surface area contributed by atoms with E-state index in [-0.39, 0.29) is 22.9 Å². The van der Waals surface area contributed by atoms with Gasteiger partial charge >= 0.3 is 0 Å². The highest BCUT2D eigenvalue weighted by Gasteiger charge is 2.29. The van der Waals surface area contributed by atoms with Crippen LogP contribution in [0, 0.1) is 5.41 Å². The summed E-state index contributed by atoms with van der Waals surface area (Å²) in [6.07, 6.45) is 7.50. The molecule has 0 saturated heterocycles. The average Bonchev–Trinajstić information content (AvgIpc) is 3.42. The predicted molar refractivity (Wildman–Crippen MR) is 130 cm³/mol. The zero-order valence-electron chi connectivity index (χ0n) is 19.8. The van der Waals surface area contributed by atoms with Gasteiger partial charge in [-0.05, 0) is 83.7 Å². The van der Waals surface area contributed by atoms with Gasteiger partial charge in [-0.25, -0.2) is 0 Å². The van der Waals surface area contributed by atoms with Gasteiger partial charge in [0, 0.05) is 11.1 Å². The van der Waals surface area contributed by atoms with E-state index in [1.54, 1.807) is 31.1 Å². The van der Waals surface area contributed by atoms with Crippen LogP contribution in [-0.4, -0.2) is 10.9 Å². The minimum absolute atomic E-state index is 0.0140. The fraction of sp³-hybridized carbons (Fsp3) is 0.321. The lowest BCUT2D eigenvalue weighted by atomic mass is 9.72. The molecule has 0 amide bonds. The standard InChI is InChI=1S/C28H32O4/c1-8-25(28(5,6)7)24-13-23(19(4)29)26(30)14-22(24)18(3)27(21-10-12-32-16-21)17(2)20-9-11-31-15-20/h9-16,25,30H,2,8H2,1,3-7H3/b27-18-/t25-/m1/s1. The molecule has 2 heterocycles. The van der Waals surface area contributed by atoms with Crippen molar-refractivity contribution in [1.29, 1.82) is 0 Å². The summed E-state index contributed by atoms with van der Waals surface area (Å²) in [6, 6.07) is 7.35. The molecule has 0 aliphatic rings. The van der Waals surface area contributed by atoms with E-state index >= 15 is 0 Å². The minimum atomic E-state index is -0.154. The molecule has 32 heavy (non-hydrogen) atoms. The molecule has 4 nitrogen and oxygen atoms in total. The van der Waals surface area contributed by atoms with Crippen LogP contribution in [0.15, 0.2) is 64.7 Å². The fourth-order valence-corrected chi connectivity index (χ4v) is 4.54. The fourth-order valence-electron chi connectivity index (χ4n) is 4.54. The molecular formula is C28H32O4. The van der Waals surface area contributed by atoms with Crippen molar-refractivity contribution >= 4 is 22.5 Å². The Morgan fingerprint density at radius 1 is 1.03 bits per heavy atom. The number of allylic oxidation sites excluding steroid dienone is 3. The quantitative estimate of drug-likeness (QED) is 0.304. The summed E-state index contributed by atoms with van der Waals surface area (Å²) in [5.74, 6) is 0.0114. The molecule has 0 fully saturated rings. The molecule has 0 spiro atoms. The maximum absolute atomic E-state index is 12.2. The Balaban J connectivity index is 2.36. The normalized spacial score (nSPS) is 13.6. The Bertz CT molecular complexity index is 1140. The van der Waals surface area contributed by atoms with Gasteiger partial charge < -0.3 is 13.9 Å². The number of aromatic hydroxyl groups is 1.